The van der Waals surface area contributed by atoms with Gasteiger partial charge in [0, 0.05) is 5.56 Å². The number of thioether (sulfide) groups is 1. The summed E-state index contributed by atoms with van der Waals surface area (Å²) in [5.74, 6) is -0.184. The van der Waals surface area contributed by atoms with E-state index < -0.39 is 0 Å². The van der Waals surface area contributed by atoms with Crippen LogP contribution in [0.4, 0.5) is 5.69 Å². The molecule has 0 bridgehead atoms. The minimum absolute atomic E-state index is 0.184. The van der Waals surface area contributed by atoms with E-state index in [0.717, 1.165) is 22.1 Å². The van der Waals surface area contributed by atoms with Crippen molar-refractivity contribution in [1.29, 1.82) is 0 Å². The van der Waals surface area contributed by atoms with Gasteiger partial charge in [-0.15, -0.1) is 11.8 Å². The molecule has 0 aliphatic heterocycles. The average Bonchev–Trinajstić information content (AvgIpc) is 2.90. The van der Waals surface area contributed by atoms with Gasteiger partial charge in [-0.1, -0.05) is 11.6 Å². The monoisotopic (exact) mass is 372 g/mol. The van der Waals surface area contributed by atoms with Crippen molar-refractivity contribution in [3.63, 3.8) is 0 Å². The number of carbonyl (C=O) groups is 1. The molecule has 2 heterocycles. The summed E-state index contributed by atoms with van der Waals surface area (Å²) in [5.41, 5.74) is 3.73. The number of anilines is 1. The third-order valence-electron chi connectivity index (χ3n) is 3.78. The molecule has 0 spiro atoms. The van der Waals surface area contributed by atoms with Crippen LogP contribution < -0.4 is 5.32 Å². The molecular formula is C18H17ClN4OS. The molecule has 128 valence electrons. The van der Waals surface area contributed by atoms with Gasteiger partial charge in [-0.25, -0.2) is 9.67 Å². The first kappa shape index (κ1) is 17.5. The second kappa shape index (κ2) is 7.29. The van der Waals surface area contributed by atoms with Crippen molar-refractivity contribution in [2.45, 2.75) is 18.9 Å². The molecule has 0 aliphatic rings. The fourth-order valence-electron chi connectivity index (χ4n) is 2.41. The lowest BCUT2D eigenvalue weighted by Gasteiger charge is -2.08. The summed E-state index contributed by atoms with van der Waals surface area (Å²) in [6.45, 7) is 3.78. The Hall–Kier alpha value is -2.31. The second-order valence-electron chi connectivity index (χ2n) is 5.49. The number of aryl methyl sites for hydroxylation is 1. The van der Waals surface area contributed by atoms with E-state index in [1.54, 1.807) is 34.8 Å². The summed E-state index contributed by atoms with van der Waals surface area (Å²) in [4.78, 5) is 16.6. The van der Waals surface area contributed by atoms with Gasteiger partial charge in [-0.05, 0) is 56.5 Å². The highest BCUT2D eigenvalue weighted by Gasteiger charge is 2.12. The van der Waals surface area contributed by atoms with Crippen molar-refractivity contribution < 1.29 is 4.79 Å². The molecule has 2 aromatic heterocycles. The standard InChI is InChI=1S/C18H17ClN4OS/c1-11-17(19)12(2)23(22-11)15-7-4-13(5-8-15)18(24)21-14-6-9-16(25-3)20-10-14/h4-10H,1-3H3,(H,21,24). The first-order valence-corrected chi connectivity index (χ1v) is 9.23. The van der Waals surface area contributed by atoms with Crippen LogP contribution in [-0.2, 0) is 0 Å². The number of aromatic nitrogens is 3. The van der Waals surface area contributed by atoms with Crippen molar-refractivity contribution in [1.82, 2.24) is 14.8 Å². The van der Waals surface area contributed by atoms with Crippen LogP contribution in [0.25, 0.3) is 5.69 Å². The highest BCUT2D eigenvalue weighted by Crippen LogP contribution is 2.22. The summed E-state index contributed by atoms with van der Waals surface area (Å²) < 4.78 is 1.77. The lowest BCUT2D eigenvalue weighted by atomic mass is 10.2. The Labute approximate surface area is 155 Å². The largest absolute Gasteiger partial charge is 0.321 e. The fourth-order valence-corrected chi connectivity index (χ4v) is 2.89. The molecule has 0 unspecified atom stereocenters. The molecule has 5 nitrogen and oxygen atoms in total. The molecule has 0 radical (unpaired) electrons. The van der Waals surface area contributed by atoms with E-state index in [4.69, 9.17) is 11.6 Å². The van der Waals surface area contributed by atoms with Gasteiger partial charge in [0.25, 0.3) is 5.91 Å². The van der Waals surface area contributed by atoms with E-state index in [-0.39, 0.29) is 5.91 Å². The van der Waals surface area contributed by atoms with Crippen LogP contribution in [0.2, 0.25) is 5.02 Å². The molecule has 0 saturated carbocycles. The first-order valence-electron chi connectivity index (χ1n) is 7.63. The van der Waals surface area contributed by atoms with Crippen LogP contribution >= 0.6 is 23.4 Å². The highest BCUT2D eigenvalue weighted by molar-refractivity contribution is 7.98. The van der Waals surface area contributed by atoms with Crippen LogP contribution in [0, 0.1) is 13.8 Å². The highest BCUT2D eigenvalue weighted by atomic mass is 35.5. The lowest BCUT2D eigenvalue weighted by molar-refractivity contribution is 0.102. The predicted molar refractivity (Wildman–Crippen MR) is 102 cm³/mol. The molecule has 7 heteroatoms. The minimum atomic E-state index is -0.184. The molecule has 0 aliphatic carbocycles. The van der Waals surface area contributed by atoms with Gasteiger partial charge >= 0.3 is 0 Å². The van der Waals surface area contributed by atoms with Gasteiger partial charge < -0.3 is 5.32 Å². The summed E-state index contributed by atoms with van der Waals surface area (Å²) >= 11 is 7.74. The van der Waals surface area contributed by atoms with Crippen molar-refractivity contribution in [2.24, 2.45) is 0 Å². The number of pyridine rings is 1. The molecule has 1 N–H and O–H groups in total. The van der Waals surface area contributed by atoms with Gasteiger partial charge in [0.15, 0.2) is 0 Å². The van der Waals surface area contributed by atoms with Crippen LogP contribution in [0.3, 0.4) is 0 Å². The molecule has 1 aromatic carbocycles. The molecule has 0 fully saturated rings. The smallest absolute Gasteiger partial charge is 0.255 e. The number of carbonyl (C=O) groups excluding carboxylic acids is 1. The van der Waals surface area contributed by atoms with Crippen LogP contribution in [0.15, 0.2) is 47.6 Å². The van der Waals surface area contributed by atoms with Crippen molar-refractivity contribution >= 4 is 35.0 Å². The third-order valence-corrected chi connectivity index (χ3v) is 4.99. The molecule has 3 aromatic rings. The number of rotatable bonds is 4. The molecule has 3 rings (SSSR count). The van der Waals surface area contributed by atoms with Crippen LogP contribution in [0.5, 0.6) is 0 Å². The number of amides is 1. The van der Waals surface area contributed by atoms with Gasteiger partial charge in [-0.3, -0.25) is 4.79 Å². The predicted octanol–water partition coefficient (Wildman–Crippen LogP) is 4.51. The molecule has 0 saturated heterocycles. The first-order chi connectivity index (χ1) is 12.0. The zero-order valence-electron chi connectivity index (χ0n) is 14.1. The van der Waals surface area contributed by atoms with Gasteiger partial charge in [0.2, 0.25) is 0 Å². The molecule has 0 atom stereocenters. The number of hydrogen-bond donors (Lipinski definition) is 1. The van der Waals surface area contributed by atoms with E-state index in [9.17, 15) is 4.79 Å². The maximum absolute atomic E-state index is 12.4. The van der Waals surface area contributed by atoms with Crippen molar-refractivity contribution in [2.75, 3.05) is 11.6 Å². The number of halogens is 1. The fraction of sp³-hybridized carbons (Fsp3) is 0.167. The Kier molecular flexibility index (Phi) is 5.11. The van der Waals surface area contributed by atoms with Crippen molar-refractivity contribution in [3.8, 4) is 5.69 Å². The Morgan fingerprint density at radius 1 is 1.16 bits per heavy atom. The number of hydrogen-bond acceptors (Lipinski definition) is 4. The summed E-state index contributed by atoms with van der Waals surface area (Å²) in [5, 5.41) is 8.82. The van der Waals surface area contributed by atoms with E-state index >= 15 is 0 Å². The van der Waals surface area contributed by atoms with Crippen LogP contribution in [0.1, 0.15) is 21.7 Å². The number of nitrogens with one attached hydrogen (secondary N) is 1. The van der Waals surface area contributed by atoms with Crippen molar-refractivity contribution in [3.05, 3.63) is 64.6 Å². The summed E-state index contributed by atoms with van der Waals surface area (Å²) in [7, 11) is 0. The molecule has 1 amide bonds. The van der Waals surface area contributed by atoms with Gasteiger partial charge in [0.05, 0.1) is 39.0 Å². The Balaban J connectivity index is 1.77. The zero-order chi connectivity index (χ0) is 18.0. The maximum Gasteiger partial charge on any atom is 0.255 e. The SMILES string of the molecule is CSc1ccc(NC(=O)c2ccc(-n3nc(C)c(Cl)c3C)cc2)cn1. The normalized spacial score (nSPS) is 10.7. The average molecular weight is 373 g/mol. The van der Waals surface area contributed by atoms with E-state index in [1.807, 2.05) is 44.4 Å². The summed E-state index contributed by atoms with van der Waals surface area (Å²) in [6.07, 6.45) is 3.61. The van der Waals surface area contributed by atoms with E-state index in [0.29, 0.717) is 16.3 Å². The lowest BCUT2D eigenvalue weighted by Crippen LogP contribution is -2.12. The second-order valence-corrected chi connectivity index (χ2v) is 6.69. The van der Waals surface area contributed by atoms with E-state index in [1.165, 1.54) is 0 Å². The Morgan fingerprint density at radius 3 is 2.40 bits per heavy atom. The number of benzene rings is 1. The Bertz CT molecular complexity index is 904. The third kappa shape index (κ3) is 3.70. The number of nitrogens with zero attached hydrogens (tertiary/aromatic N) is 3. The maximum atomic E-state index is 12.4. The minimum Gasteiger partial charge on any atom is -0.321 e. The zero-order valence-corrected chi connectivity index (χ0v) is 15.6. The quantitative estimate of drug-likeness (QED) is 0.684. The van der Waals surface area contributed by atoms with E-state index in [2.05, 4.69) is 15.4 Å². The van der Waals surface area contributed by atoms with Gasteiger partial charge in [0.1, 0.15) is 0 Å². The topological polar surface area (TPSA) is 59.8 Å². The van der Waals surface area contributed by atoms with Gasteiger partial charge in [-0.2, -0.15) is 5.10 Å². The molecule has 25 heavy (non-hydrogen) atoms. The Morgan fingerprint density at radius 2 is 1.88 bits per heavy atom. The van der Waals surface area contributed by atoms with Crippen LogP contribution in [-0.4, -0.2) is 26.9 Å². The summed E-state index contributed by atoms with van der Waals surface area (Å²) in [6, 6.07) is 10.9. The molecular weight excluding hydrogens is 356 g/mol.